The van der Waals surface area contributed by atoms with Crippen molar-refractivity contribution < 1.29 is 0 Å². The number of thiophene rings is 1. The van der Waals surface area contributed by atoms with E-state index < -0.39 is 0 Å². The van der Waals surface area contributed by atoms with Crippen LogP contribution in [0.5, 0.6) is 0 Å². The first kappa shape index (κ1) is 36.3. The Kier molecular flexibility index (Phi) is 7.72. The molecular weight excluding hydrogens is 758 g/mol. The van der Waals surface area contributed by atoms with Crippen molar-refractivity contribution in [2.75, 3.05) is 9.80 Å². The van der Waals surface area contributed by atoms with E-state index in [1.807, 2.05) is 11.3 Å². The summed E-state index contributed by atoms with van der Waals surface area (Å²) in [6.45, 7) is 13.8. The van der Waals surface area contributed by atoms with Crippen LogP contribution in [0.2, 0.25) is 0 Å². The molecule has 2 aromatic heterocycles. The van der Waals surface area contributed by atoms with Crippen LogP contribution >= 0.6 is 11.3 Å². The molecule has 0 amide bonds. The number of nitrogens with zero attached hydrogens (tertiary/aromatic N) is 3. The Balaban J connectivity index is 1.22. The molecule has 61 heavy (non-hydrogen) atoms. The number of benzene rings is 8. The van der Waals surface area contributed by atoms with Gasteiger partial charge in [-0.1, -0.05) is 139 Å². The minimum atomic E-state index is 0.0183. The van der Waals surface area contributed by atoms with Gasteiger partial charge in [0.2, 0.25) is 0 Å². The summed E-state index contributed by atoms with van der Waals surface area (Å²) in [5.41, 5.74) is 17.5. The quantitative estimate of drug-likeness (QED) is 0.164. The van der Waals surface area contributed by atoms with Crippen LogP contribution in [0.25, 0.3) is 47.7 Å². The summed E-state index contributed by atoms with van der Waals surface area (Å²) in [4.78, 5) is 5.04. The largest absolute Gasteiger partial charge is 0.310 e. The van der Waals surface area contributed by atoms with Crippen LogP contribution in [0.3, 0.4) is 0 Å². The average Bonchev–Trinajstić information content (AvgIpc) is 3.82. The molecule has 2 aliphatic rings. The van der Waals surface area contributed by atoms with Gasteiger partial charge in [-0.05, 0) is 111 Å². The van der Waals surface area contributed by atoms with E-state index >= 15 is 0 Å². The van der Waals surface area contributed by atoms with Gasteiger partial charge in [0, 0.05) is 64.9 Å². The number of aromatic nitrogens is 1. The van der Waals surface area contributed by atoms with E-state index in [1.165, 1.54) is 86.6 Å². The highest BCUT2D eigenvalue weighted by molar-refractivity contribution is 7.26. The number of anilines is 6. The zero-order valence-electron chi connectivity index (χ0n) is 35.5. The normalized spacial score (nSPS) is 13.3. The molecule has 0 atom stereocenters. The second kappa shape index (κ2) is 13.0. The van der Waals surface area contributed by atoms with E-state index in [0.717, 1.165) is 22.7 Å². The SMILES string of the molecule is CC(C)(C)c1ccc(N(c2ccc(C(C)(C)C)cc2)c2ccc3c4c2N(c2ccccc2)c2ccccc2B4c2cccc4c5c6c(ccc5n-3c24)sc2ccccc26)cc1. The molecular formula is C56H46BN3S. The fourth-order valence-corrected chi connectivity index (χ4v) is 11.5. The van der Waals surface area contributed by atoms with Crippen LogP contribution in [0, 0.1) is 0 Å². The predicted molar refractivity (Wildman–Crippen MR) is 265 cm³/mol. The molecule has 0 saturated heterocycles. The van der Waals surface area contributed by atoms with Gasteiger partial charge in [0.05, 0.1) is 16.9 Å². The first-order chi connectivity index (χ1) is 29.6. The van der Waals surface area contributed by atoms with E-state index in [4.69, 9.17) is 0 Å². The topological polar surface area (TPSA) is 11.4 Å². The van der Waals surface area contributed by atoms with Gasteiger partial charge in [0.15, 0.2) is 0 Å². The lowest BCUT2D eigenvalue weighted by atomic mass is 9.33. The van der Waals surface area contributed by atoms with Crippen molar-refractivity contribution in [3.63, 3.8) is 0 Å². The second-order valence-corrected chi connectivity index (χ2v) is 20.1. The lowest BCUT2D eigenvalue weighted by Crippen LogP contribution is -2.60. The summed E-state index contributed by atoms with van der Waals surface area (Å²) in [5, 5.41) is 5.36. The lowest BCUT2D eigenvalue weighted by Gasteiger charge is -2.43. The summed E-state index contributed by atoms with van der Waals surface area (Å²) < 4.78 is 5.27. The molecule has 3 nitrogen and oxygen atoms in total. The molecule has 294 valence electrons. The van der Waals surface area contributed by atoms with Gasteiger partial charge in [0.25, 0.3) is 6.71 Å². The van der Waals surface area contributed by atoms with E-state index in [2.05, 4.69) is 226 Å². The zero-order valence-corrected chi connectivity index (χ0v) is 36.3. The van der Waals surface area contributed by atoms with Gasteiger partial charge < -0.3 is 14.4 Å². The van der Waals surface area contributed by atoms with Crippen molar-refractivity contribution in [2.45, 2.75) is 52.4 Å². The fourth-order valence-electron chi connectivity index (χ4n) is 10.4. The Hall–Kier alpha value is -6.56. The maximum atomic E-state index is 2.60. The van der Waals surface area contributed by atoms with Crippen molar-refractivity contribution in [1.29, 1.82) is 0 Å². The van der Waals surface area contributed by atoms with E-state index in [9.17, 15) is 0 Å². The Morgan fingerprint density at radius 2 is 1.11 bits per heavy atom. The zero-order chi connectivity index (χ0) is 41.4. The van der Waals surface area contributed by atoms with Gasteiger partial charge in [-0.3, -0.25) is 0 Å². The minimum Gasteiger partial charge on any atom is -0.310 e. The molecule has 0 N–H and O–H groups in total. The van der Waals surface area contributed by atoms with Crippen LogP contribution in [0.4, 0.5) is 34.1 Å². The molecule has 0 saturated carbocycles. The molecule has 2 aliphatic heterocycles. The molecule has 0 bridgehead atoms. The van der Waals surface area contributed by atoms with Crippen molar-refractivity contribution in [1.82, 2.24) is 4.57 Å². The number of fused-ring (bicyclic) bond motifs is 11. The Morgan fingerprint density at radius 3 is 1.82 bits per heavy atom. The standard InChI is InChI=1S/C56H46BN3S/c1-55(2,3)35-23-27-38(28-24-35)58(39-29-25-36(26-30-39)56(4,5)6)47-32-31-46-52-54(47)59(37-15-8-7-9-16-37)44-21-12-11-19-42(44)57(52)43-20-14-18-41-50-45(60(46)53(41)43)33-34-49-51(50)40-17-10-13-22-48(40)61-49/h7-34H,1-6H3. The molecule has 4 heterocycles. The monoisotopic (exact) mass is 803 g/mol. The minimum absolute atomic E-state index is 0.0183. The highest BCUT2D eigenvalue weighted by Gasteiger charge is 2.44. The van der Waals surface area contributed by atoms with Crippen molar-refractivity contribution in [3.05, 3.63) is 181 Å². The number of rotatable bonds is 4. The van der Waals surface area contributed by atoms with Crippen molar-refractivity contribution >= 4 is 111 Å². The number of hydrogen-bond donors (Lipinski definition) is 0. The molecule has 0 radical (unpaired) electrons. The average molecular weight is 804 g/mol. The molecule has 8 aromatic carbocycles. The predicted octanol–water partition coefficient (Wildman–Crippen LogP) is 13.8. The third-order valence-corrected chi connectivity index (χ3v) is 14.4. The Bertz CT molecular complexity index is 3320. The summed E-state index contributed by atoms with van der Waals surface area (Å²) in [7, 11) is 0. The van der Waals surface area contributed by atoms with Gasteiger partial charge in [0.1, 0.15) is 0 Å². The van der Waals surface area contributed by atoms with Gasteiger partial charge in [-0.25, -0.2) is 0 Å². The van der Waals surface area contributed by atoms with Gasteiger partial charge >= 0.3 is 0 Å². The van der Waals surface area contributed by atoms with Crippen LogP contribution in [-0.4, -0.2) is 11.3 Å². The molecule has 0 spiro atoms. The first-order valence-electron chi connectivity index (χ1n) is 21.6. The third kappa shape index (κ3) is 5.29. The smallest absolute Gasteiger partial charge is 0.252 e. The third-order valence-electron chi connectivity index (χ3n) is 13.3. The molecule has 0 aliphatic carbocycles. The maximum absolute atomic E-state index is 2.60. The molecule has 0 fully saturated rings. The summed E-state index contributed by atoms with van der Waals surface area (Å²) >= 11 is 1.90. The summed E-state index contributed by atoms with van der Waals surface area (Å²) in [6, 6.07) is 64.2. The summed E-state index contributed by atoms with van der Waals surface area (Å²) in [5.74, 6) is 0. The van der Waals surface area contributed by atoms with Crippen LogP contribution in [0.1, 0.15) is 52.7 Å². The number of para-hydroxylation sites is 3. The van der Waals surface area contributed by atoms with Crippen LogP contribution in [0.15, 0.2) is 170 Å². The first-order valence-corrected chi connectivity index (χ1v) is 22.4. The van der Waals surface area contributed by atoms with Gasteiger partial charge in [-0.15, -0.1) is 11.3 Å². The van der Waals surface area contributed by atoms with E-state index in [-0.39, 0.29) is 17.5 Å². The Morgan fingerprint density at radius 1 is 0.492 bits per heavy atom. The molecule has 0 unspecified atom stereocenters. The summed E-state index contributed by atoms with van der Waals surface area (Å²) in [6.07, 6.45) is 0. The Labute approximate surface area is 362 Å². The van der Waals surface area contributed by atoms with Crippen LogP contribution in [-0.2, 0) is 10.8 Å². The lowest BCUT2D eigenvalue weighted by molar-refractivity contribution is 0.590. The second-order valence-electron chi connectivity index (χ2n) is 19.0. The fraction of sp³-hybridized carbons (Fsp3) is 0.143. The van der Waals surface area contributed by atoms with Crippen LogP contribution < -0.4 is 26.2 Å². The number of hydrogen-bond acceptors (Lipinski definition) is 3. The van der Waals surface area contributed by atoms with E-state index in [0.29, 0.717) is 0 Å². The van der Waals surface area contributed by atoms with Gasteiger partial charge in [-0.2, -0.15) is 0 Å². The maximum Gasteiger partial charge on any atom is 0.252 e. The highest BCUT2D eigenvalue weighted by atomic mass is 32.1. The molecule has 12 rings (SSSR count). The molecule has 5 heteroatoms. The van der Waals surface area contributed by atoms with Crippen molar-refractivity contribution in [2.24, 2.45) is 0 Å². The van der Waals surface area contributed by atoms with Crippen molar-refractivity contribution in [3.8, 4) is 5.69 Å². The molecule has 10 aromatic rings. The highest BCUT2D eigenvalue weighted by Crippen LogP contribution is 2.50. The van der Waals surface area contributed by atoms with E-state index in [1.54, 1.807) is 0 Å².